The van der Waals surface area contributed by atoms with Crippen LogP contribution in [-0.4, -0.2) is 11.4 Å². The molecule has 2 aliphatic heterocycles. The van der Waals surface area contributed by atoms with E-state index in [0.29, 0.717) is 6.04 Å². The van der Waals surface area contributed by atoms with Gasteiger partial charge in [-0.05, 0) is 23.3 Å². The van der Waals surface area contributed by atoms with Gasteiger partial charge in [0, 0.05) is 6.54 Å². The van der Waals surface area contributed by atoms with Crippen LogP contribution in [0, 0.1) is 0 Å². The van der Waals surface area contributed by atoms with Gasteiger partial charge in [0.25, 0.3) is 0 Å². The molecule has 16 heavy (non-hydrogen) atoms. The summed E-state index contributed by atoms with van der Waals surface area (Å²) in [6.45, 7) is 0.933. The minimum Gasteiger partial charge on any atom is -0.443 e. The molecule has 1 fully saturated rings. The van der Waals surface area contributed by atoms with E-state index in [1.54, 1.807) is 0 Å². The van der Waals surface area contributed by atoms with Crippen LogP contribution in [0.3, 0.4) is 0 Å². The van der Waals surface area contributed by atoms with Gasteiger partial charge in [-0.15, -0.1) is 0 Å². The Morgan fingerprint density at radius 1 is 1.25 bits per heavy atom. The van der Waals surface area contributed by atoms with Crippen LogP contribution in [0.2, 0.25) is 0 Å². The fourth-order valence-corrected chi connectivity index (χ4v) is 2.64. The highest BCUT2D eigenvalue weighted by molar-refractivity contribution is 5.66. The zero-order valence-corrected chi connectivity index (χ0v) is 8.76. The largest absolute Gasteiger partial charge is 0.443 e. The molecule has 0 radical (unpaired) electrons. The van der Waals surface area contributed by atoms with Crippen LogP contribution in [0.1, 0.15) is 17.2 Å². The number of rotatable bonds is 0. The number of hydrogen-bond donors (Lipinski definition) is 0. The summed E-state index contributed by atoms with van der Waals surface area (Å²) in [7, 11) is 0. The Balaban J connectivity index is 1.87. The van der Waals surface area contributed by atoms with Gasteiger partial charge in [0.2, 0.25) is 0 Å². The highest BCUT2D eigenvalue weighted by atomic mass is 16.5. The Kier molecular flexibility index (Phi) is 1.43. The smallest absolute Gasteiger partial charge is 0.196 e. The molecule has 3 aliphatic rings. The van der Waals surface area contributed by atoms with Crippen LogP contribution in [0.4, 0.5) is 0 Å². The molecule has 1 saturated heterocycles. The Labute approximate surface area is 94.1 Å². The highest BCUT2D eigenvalue weighted by Crippen LogP contribution is 2.47. The minimum atomic E-state index is 0.299. The quantitative estimate of drug-likeness (QED) is 0.651. The minimum absolute atomic E-state index is 0.299. The summed E-state index contributed by atoms with van der Waals surface area (Å²) < 4.78 is 5.87. The van der Waals surface area contributed by atoms with Crippen LogP contribution >= 0.6 is 0 Å². The van der Waals surface area contributed by atoms with E-state index < -0.39 is 0 Å². The fourth-order valence-electron chi connectivity index (χ4n) is 2.64. The molecule has 0 N–H and O–H groups in total. The normalized spacial score (nSPS) is 24.2. The van der Waals surface area contributed by atoms with Crippen molar-refractivity contribution in [1.82, 2.24) is 4.90 Å². The molecular weight excluding hydrogens is 198 g/mol. The van der Waals surface area contributed by atoms with Gasteiger partial charge in [-0.25, -0.2) is 0 Å². The SMILES string of the molecule is C1=CCN2C(=C1)OC1=Cc3ccccc3[C@@H]12. The number of fused-ring (bicyclic) bond motifs is 5. The van der Waals surface area contributed by atoms with Gasteiger partial charge < -0.3 is 9.64 Å². The molecular formula is C14H11NO. The molecule has 1 aliphatic carbocycles. The molecule has 2 heteroatoms. The van der Waals surface area contributed by atoms with Gasteiger partial charge in [0.05, 0.1) is 0 Å². The maximum atomic E-state index is 5.87. The van der Waals surface area contributed by atoms with Crippen LogP contribution in [0.25, 0.3) is 6.08 Å². The molecule has 0 aromatic heterocycles. The molecule has 1 aromatic carbocycles. The third-order valence-corrected chi connectivity index (χ3v) is 3.35. The lowest BCUT2D eigenvalue weighted by atomic mass is 10.1. The Bertz CT molecular complexity index is 554. The zero-order valence-electron chi connectivity index (χ0n) is 8.76. The number of ether oxygens (including phenoxy) is 1. The van der Waals surface area contributed by atoms with Gasteiger partial charge in [0.1, 0.15) is 11.8 Å². The summed E-state index contributed by atoms with van der Waals surface area (Å²) in [6, 6.07) is 8.80. The molecule has 1 aromatic rings. The third kappa shape index (κ3) is 0.915. The second kappa shape index (κ2) is 2.79. The maximum Gasteiger partial charge on any atom is 0.196 e. The van der Waals surface area contributed by atoms with E-state index in [4.69, 9.17) is 4.74 Å². The lowest BCUT2D eigenvalue weighted by molar-refractivity contribution is 0.269. The van der Waals surface area contributed by atoms with Crippen molar-refractivity contribution in [2.24, 2.45) is 0 Å². The summed E-state index contributed by atoms with van der Waals surface area (Å²) in [5, 5.41) is 0. The summed E-state index contributed by atoms with van der Waals surface area (Å²) in [5.74, 6) is 2.05. The van der Waals surface area contributed by atoms with Crippen molar-refractivity contribution < 1.29 is 4.74 Å². The fraction of sp³-hybridized carbons (Fsp3) is 0.143. The van der Waals surface area contributed by atoms with E-state index in [1.807, 2.05) is 6.08 Å². The van der Waals surface area contributed by atoms with Crippen molar-refractivity contribution in [3.63, 3.8) is 0 Å². The predicted octanol–water partition coefficient (Wildman–Crippen LogP) is 2.83. The van der Waals surface area contributed by atoms with Gasteiger partial charge in [-0.2, -0.15) is 0 Å². The first-order chi connectivity index (χ1) is 7.93. The highest BCUT2D eigenvalue weighted by Gasteiger charge is 2.40. The zero-order chi connectivity index (χ0) is 10.5. The monoisotopic (exact) mass is 209 g/mol. The van der Waals surface area contributed by atoms with Crippen LogP contribution in [0.5, 0.6) is 0 Å². The molecule has 0 unspecified atom stereocenters. The molecule has 2 heterocycles. The van der Waals surface area contributed by atoms with E-state index in [2.05, 4.69) is 47.4 Å². The summed E-state index contributed by atoms with van der Waals surface area (Å²) in [5.41, 5.74) is 2.65. The Morgan fingerprint density at radius 2 is 2.19 bits per heavy atom. The van der Waals surface area contributed by atoms with E-state index in [0.717, 1.165) is 18.2 Å². The van der Waals surface area contributed by atoms with Crippen molar-refractivity contribution in [3.05, 3.63) is 65.3 Å². The van der Waals surface area contributed by atoms with Crippen molar-refractivity contribution in [1.29, 1.82) is 0 Å². The molecule has 0 bridgehead atoms. The van der Waals surface area contributed by atoms with E-state index in [9.17, 15) is 0 Å². The first-order valence-corrected chi connectivity index (χ1v) is 5.55. The van der Waals surface area contributed by atoms with E-state index in [1.165, 1.54) is 11.1 Å². The Morgan fingerprint density at radius 3 is 3.19 bits per heavy atom. The number of hydrogen-bond acceptors (Lipinski definition) is 2. The molecule has 0 spiro atoms. The molecule has 78 valence electrons. The standard InChI is InChI=1S/C14H11NO/c1-2-6-11-10(5-1)9-12-14(11)15-8-4-3-7-13(15)16-12/h1-7,9,14H,8H2/t14-/m0/s1. The van der Waals surface area contributed by atoms with Gasteiger partial charge in [-0.3, -0.25) is 0 Å². The maximum absolute atomic E-state index is 5.87. The average Bonchev–Trinajstić information content (AvgIpc) is 2.83. The topological polar surface area (TPSA) is 12.5 Å². The van der Waals surface area contributed by atoms with Crippen molar-refractivity contribution in [2.75, 3.05) is 6.54 Å². The van der Waals surface area contributed by atoms with E-state index >= 15 is 0 Å². The molecule has 4 rings (SSSR count). The molecule has 2 nitrogen and oxygen atoms in total. The van der Waals surface area contributed by atoms with Gasteiger partial charge in [0.15, 0.2) is 5.88 Å². The molecule has 0 saturated carbocycles. The van der Waals surface area contributed by atoms with Crippen LogP contribution in [0.15, 0.2) is 54.1 Å². The van der Waals surface area contributed by atoms with Crippen molar-refractivity contribution >= 4 is 6.08 Å². The summed E-state index contributed by atoms with van der Waals surface area (Å²) in [6.07, 6.45) is 8.40. The third-order valence-electron chi connectivity index (χ3n) is 3.35. The first kappa shape index (κ1) is 8.22. The second-order valence-electron chi connectivity index (χ2n) is 4.27. The van der Waals surface area contributed by atoms with Crippen LogP contribution in [-0.2, 0) is 4.74 Å². The van der Waals surface area contributed by atoms with E-state index in [-0.39, 0.29) is 0 Å². The van der Waals surface area contributed by atoms with Crippen molar-refractivity contribution in [2.45, 2.75) is 6.04 Å². The van der Waals surface area contributed by atoms with Gasteiger partial charge >= 0.3 is 0 Å². The first-order valence-electron chi connectivity index (χ1n) is 5.55. The number of allylic oxidation sites excluding steroid dienone is 2. The van der Waals surface area contributed by atoms with Gasteiger partial charge in [-0.1, -0.05) is 36.4 Å². The summed E-state index contributed by atoms with van der Waals surface area (Å²) >= 11 is 0. The lowest BCUT2D eigenvalue weighted by Crippen LogP contribution is -2.23. The average molecular weight is 209 g/mol. The summed E-state index contributed by atoms with van der Waals surface area (Å²) in [4.78, 5) is 2.30. The number of benzene rings is 1. The Hall–Kier alpha value is -1.96. The van der Waals surface area contributed by atoms with Crippen molar-refractivity contribution in [3.8, 4) is 0 Å². The molecule has 1 atom stereocenters. The number of nitrogens with zero attached hydrogens (tertiary/aromatic N) is 1. The lowest BCUT2D eigenvalue weighted by Gasteiger charge is -2.23. The van der Waals surface area contributed by atoms with Crippen LogP contribution < -0.4 is 0 Å². The molecule has 0 amide bonds. The predicted molar refractivity (Wildman–Crippen MR) is 62.2 cm³/mol. The second-order valence-corrected chi connectivity index (χ2v) is 4.27.